The summed E-state index contributed by atoms with van der Waals surface area (Å²) in [6, 6.07) is 0. The van der Waals surface area contributed by atoms with Crippen LogP contribution in [-0.4, -0.2) is 15.0 Å². The van der Waals surface area contributed by atoms with Gasteiger partial charge in [-0.25, -0.2) is 4.68 Å². The second-order valence-electron chi connectivity index (χ2n) is 3.45. The molecule has 14 heavy (non-hydrogen) atoms. The van der Waals surface area contributed by atoms with Gasteiger partial charge in [-0.3, -0.25) is 0 Å². The van der Waals surface area contributed by atoms with Gasteiger partial charge in [-0.1, -0.05) is 29.0 Å². The summed E-state index contributed by atoms with van der Waals surface area (Å²) in [6.45, 7) is 4.04. The van der Waals surface area contributed by atoms with Crippen LogP contribution in [0.1, 0.15) is 19.0 Å². The van der Waals surface area contributed by atoms with Crippen LogP contribution >= 0.6 is 0 Å². The van der Waals surface area contributed by atoms with Crippen molar-refractivity contribution in [3.63, 3.8) is 0 Å². The lowest BCUT2D eigenvalue weighted by molar-refractivity contribution is 0.819. The first-order valence-corrected chi connectivity index (χ1v) is 4.70. The van der Waals surface area contributed by atoms with Crippen LogP contribution in [0.15, 0.2) is 36.1 Å². The highest BCUT2D eigenvalue weighted by Gasteiger charge is 2.00. The maximum atomic E-state index is 4.03. The number of nitrogens with zero attached hydrogens (tertiary/aromatic N) is 3. The second-order valence-corrected chi connectivity index (χ2v) is 3.45. The predicted octanol–water partition coefficient (Wildman–Crippen LogP) is 2.33. The Morgan fingerprint density at radius 1 is 1.21 bits per heavy atom. The molecular weight excluding hydrogens is 174 g/mol. The van der Waals surface area contributed by atoms with E-state index in [1.807, 2.05) is 13.1 Å². The van der Waals surface area contributed by atoms with Crippen LogP contribution < -0.4 is 0 Å². The smallest absolute Gasteiger partial charge is 0.0800 e. The zero-order chi connectivity index (χ0) is 9.97. The molecule has 0 aliphatic heterocycles. The van der Waals surface area contributed by atoms with Crippen LogP contribution in [0, 0.1) is 6.92 Å². The molecule has 0 radical (unpaired) electrons. The molecule has 72 valence electrons. The van der Waals surface area contributed by atoms with E-state index in [9.17, 15) is 0 Å². The number of aryl methyl sites for hydroxylation is 1. The van der Waals surface area contributed by atoms with Crippen LogP contribution in [0.3, 0.4) is 0 Å². The van der Waals surface area contributed by atoms with Crippen molar-refractivity contribution in [3.8, 4) is 0 Å². The number of hydrogen-bond acceptors (Lipinski definition) is 2. The Labute approximate surface area is 83.4 Å². The van der Waals surface area contributed by atoms with Gasteiger partial charge in [0.15, 0.2) is 0 Å². The summed E-state index contributed by atoms with van der Waals surface area (Å²) in [4.78, 5) is 0. The van der Waals surface area contributed by atoms with Crippen molar-refractivity contribution in [2.45, 2.75) is 20.3 Å². The zero-order valence-corrected chi connectivity index (χ0v) is 8.44. The average molecular weight is 187 g/mol. The van der Waals surface area contributed by atoms with Crippen LogP contribution in [-0.2, 0) is 0 Å². The summed E-state index contributed by atoms with van der Waals surface area (Å²) in [6.07, 6.45) is 11.4. The molecule has 0 fully saturated rings. The number of hydrogen-bond donors (Lipinski definition) is 0. The molecule has 0 spiro atoms. The molecule has 3 heteroatoms. The van der Waals surface area contributed by atoms with E-state index in [0.717, 1.165) is 17.8 Å². The normalized spacial score (nSPS) is 16.1. The third-order valence-electron chi connectivity index (χ3n) is 2.16. The second kappa shape index (κ2) is 3.62. The molecule has 0 bridgehead atoms. The number of aromatic nitrogens is 3. The first-order valence-electron chi connectivity index (χ1n) is 4.70. The molecule has 0 saturated heterocycles. The van der Waals surface area contributed by atoms with Crippen molar-refractivity contribution < 1.29 is 0 Å². The van der Waals surface area contributed by atoms with Crippen LogP contribution in [0.25, 0.3) is 5.70 Å². The fourth-order valence-corrected chi connectivity index (χ4v) is 1.36. The van der Waals surface area contributed by atoms with Gasteiger partial charge in [-0.05, 0) is 26.3 Å². The van der Waals surface area contributed by atoms with Crippen LogP contribution in [0.2, 0.25) is 0 Å². The van der Waals surface area contributed by atoms with Crippen LogP contribution in [0.5, 0.6) is 0 Å². The van der Waals surface area contributed by atoms with Crippen molar-refractivity contribution in [3.05, 3.63) is 41.8 Å². The molecular formula is C11H13N3. The maximum Gasteiger partial charge on any atom is 0.0800 e. The third-order valence-corrected chi connectivity index (χ3v) is 2.16. The predicted molar refractivity (Wildman–Crippen MR) is 56.5 cm³/mol. The molecule has 1 aromatic rings. The minimum atomic E-state index is 0.938. The summed E-state index contributed by atoms with van der Waals surface area (Å²) < 4.78 is 1.80. The van der Waals surface area contributed by atoms with E-state index in [1.54, 1.807) is 4.68 Å². The molecule has 0 amide bonds. The molecule has 0 aromatic carbocycles. The standard InChI is InChI=1S/C11H13N3/c1-9-4-3-5-11(7-6-9)14-8-10(2)12-13-14/h4-8H,3H2,1-2H3. The lowest BCUT2D eigenvalue weighted by atomic mass is 10.2. The van der Waals surface area contributed by atoms with E-state index >= 15 is 0 Å². The fourth-order valence-electron chi connectivity index (χ4n) is 1.36. The van der Waals surface area contributed by atoms with Crippen molar-refractivity contribution in [1.82, 2.24) is 15.0 Å². The van der Waals surface area contributed by atoms with Gasteiger partial charge >= 0.3 is 0 Å². The molecule has 2 rings (SSSR count). The van der Waals surface area contributed by atoms with Gasteiger partial charge in [0.25, 0.3) is 0 Å². The summed E-state index contributed by atoms with van der Waals surface area (Å²) in [5.74, 6) is 0. The van der Waals surface area contributed by atoms with Gasteiger partial charge in [-0.15, -0.1) is 5.10 Å². The van der Waals surface area contributed by atoms with E-state index in [-0.39, 0.29) is 0 Å². The summed E-state index contributed by atoms with van der Waals surface area (Å²) in [7, 11) is 0. The first kappa shape index (κ1) is 8.94. The minimum absolute atomic E-state index is 0.938. The summed E-state index contributed by atoms with van der Waals surface area (Å²) >= 11 is 0. The Morgan fingerprint density at radius 2 is 2.07 bits per heavy atom. The first-order chi connectivity index (χ1) is 6.75. The van der Waals surface area contributed by atoms with Crippen molar-refractivity contribution in [1.29, 1.82) is 0 Å². The highest BCUT2D eigenvalue weighted by atomic mass is 15.4. The van der Waals surface area contributed by atoms with Gasteiger partial charge in [-0.2, -0.15) is 0 Å². The van der Waals surface area contributed by atoms with E-state index in [1.165, 1.54) is 5.57 Å². The van der Waals surface area contributed by atoms with E-state index < -0.39 is 0 Å². The zero-order valence-electron chi connectivity index (χ0n) is 8.44. The quantitative estimate of drug-likeness (QED) is 0.675. The third kappa shape index (κ3) is 1.82. The molecule has 3 nitrogen and oxygen atoms in total. The van der Waals surface area contributed by atoms with Gasteiger partial charge in [0.1, 0.15) is 0 Å². The lowest BCUT2D eigenvalue weighted by Gasteiger charge is -1.98. The van der Waals surface area contributed by atoms with E-state index in [0.29, 0.717) is 0 Å². The highest BCUT2D eigenvalue weighted by Crippen LogP contribution is 2.13. The van der Waals surface area contributed by atoms with E-state index in [4.69, 9.17) is 0 Å². The molecule has 0 saturated carbocycles. The molecule has 0 N–H and O–H groups in total. The Morgan fingerprint density at radius 3 is 2.79 bits per heavy atom. The van der Waals surface area contributed by atoms with Gasteiger partial charge in [0.2, 0.25) is 0 Å². The molecule has 0 unspecified atom stereocenters. The minimum Gasteiger partial charge on any atom is -0.221 e. The van der Waals surface area contributed by atoms with Gasteiger partial charge in [0.05, 0.1) is 17.6 Å². The molecule has 1 aromatic heterocycles. The summed E-state index contributed by atoms with van der Waals surface area (Å²) in [5.41, 5.74) is 3.31. The van der Waals surface area contributed by atoms with Crippen LogP contribution in [0.4, 0.5) is 0 Å². The Kier molecular flexibility index (Phi) is 2.31. The lowest BCUT2D eigenvalue weighted by Crippen LogP contribution is -1.95. The van der Waals surface area contributed by atoms with E-state index in [2.05, 4.69) is 41.5 Å². The van der Waals surface area contributed by atoms with Crippen molar-refractivity contribution in [2.24, 2.45) is 0 Å². The summed E-state index contributed by atoms with van der Waals surface area (Å²) in [5, 5.41) is 7.99. The topological polar surface area (TPSA) is 30.7 Å². The molecule has 1 aliphatic carbocycles. The van der Waals surface area contributed by atoms with Gasteiger partial charge < -0.3 is 0 Å². The van der Waals surface area contributed by atoms with Gasteiger partial charge in [0, 0.05) is 0 Å². The molecule has 1 heterocycles. The molecule has 0 atom stereocenters. The number of rotatable bonds is 1. The Balaban J connectivity index is 2.29. The molecule has 1 aliphatic rings. The Hall–Kier alpha value is -1.64. The Bertz CT molecular complexity index is 421. The largest absolute Gasteiger partial charge is 0.221 e. The maximum absolute atomic E-state index is 4.03. The number of allylic oxidation sites excluding steroid dienone is 6. The van der Waals surface area contributed by atoms with Crippen molar-refractivity contribution >= 4 is 5.70 Å². The highest BCUT2D eigenvalue weighted by molar-refractivity contribution is 5.58. The SMILES string of the molecule is CC1=CCC=C(n2cc(C)nn2)C=C1. The van der Waals surface area contributed by atoms with Crippen molar-refractivity contribution in [2.75, 3.05) is 0 Å². The fraction of sp³-hybridized carbons (Fsp3) is 0.273. The monoisotopic (exact) mass is 187 g/mol. The average Bonchev–Trinajstić information content (AvgIpc) is 2.46.